The molecule has 29 heavy (non-hydrogen) atoms. The molecule has 0 heterocycles. The molecule has 0 aromatic rings. The molecule has 0 aromatic heterocycles. The first-order valence-electron chi connectivity index (χ1n) is 12.7. The van der Waals surface area contributed by atoms with Crippen LogP contribution in [0.2, 0.25) is 0 Å². The van der Waals surface area contributed by atoms with Gasteiger partial charge in [0.25, 0.3) is 0 Å². The summed E-state index contributed by atoms with van der Waals surface area (Å²) in [5.74, 6) is 4.18. The Morgan fingerprint density at radius 3 is 2.45 bits per heavy atom. The van der Waals surface area contributed by atoms with Crippen molar-refractivity contribution in [1.82, 2.24) is 0 Å². The van der Waals surface area contributed by atoms with E-state index in [1.165, 1.54) is 50.5 Å². The van der Waals surface area contributed by atoms with Crippen LogP contribution in [0.4, 0.5) is 0 Å². The van der Waals surface area contributed by atoms with Crippen molar-refractivity contribution in [2.75, 3.05) is 0 Å². The van der Waals surface area contributed by atoms with Crippen LogP contribution in [0.5, 0.6) is 0 Å². The van der Waals surface area contributed by atoms with Crippen LogP contribution in [0.25, 0.3) is 0 Å². The summed E-state index contributed by atoms with van der Waals surface area (Å²) in [5.41, 5.74) is 1.99. The summed E-state index contributed by atoms with van der Waals surface area (Å²) in [6.45, 7) is 12.2. The Balaban J connectivity index is 1.54. The second-order valence-electron chi connectivity index (χ2n) is 12.3. The highest BCUT2D eigenvalue weighted by molar-refractivity contribution is 5.27. The molecule has 166 valence electrons. The molecule has 0 bridgehead atoms. The molecule has 0 amide bonds. The monoisotopic (exact) mass is 402 g/mol. The van der Waals surface area contributed by atoms with Gasteiger partial charge < -0.3 is 10.2 Å². The molecule has 0 spiro atoms. The van der Waals surface area contributed by atoms with Crippen LogP contribution in [0.3, 0.4) is 0 Å². The summed E-state index contributed by atoms with van der Waals surface area (Å²) in [5, 5.41) is 21.5. The van der Waals surface area contributed by atoms with Crippen LogP contribution in [0.1, 0.15) is 98.8 Å². The molecule has 0 radical (unpaired) electrons. The Labute approximate surface area is 179 Å². The fourth-order valence-corrected chi connectivity index (χ4v) is 8.65. The first kappa shape index (κ1) is 21.9. The van der Waals surface area contributed by atoms with Crippen molar-refractivity contribution in [3.05, 3.63) is 11.6 Å². The van der Waals surface area contributed by atoms with Gasteiger partial charge in [0.15, 0.2) is 0 Å². The Morgan fingerprint density at radius 2 is 1.72 bits per heavy atom. The van der Waals surface area contributed by atoms with Crippen molar-refractivity contribution in [2.24, 2.45) is 46.3 Å². The molecule has 2 heteroatoms. The predicted molar refractivity (Wildman–Crippen MR) is 120 cm³/mol. The zero-order valence-electron chi connectivity index (χ0n) is 19.7. The molecule has 4 aliphatic carbocycles. The van der Waals surface area contributed by atoms with Crippen LogP contribution < -0.4 is 0 Å². The van der Waals surface area contributed by atoms with E-state index in [-0.39, 0.29) is 17.6 Å². The van der Waals surface area contributed by atoms with Crippen molar-refractivity contribution >= 4 is 0 Å². The van der Waals surface area contributed by atoms with Gasteiger partial charge in [0.1, 0.15) is 0 Å². The van der Waals surface area contributed by atoms with Crippen LogP contribution in [0.15, 0.2) is 11.6 Å². The molecule has 3 saturated carbocycles. The van der Waals surface area contributed by atoms with Gasteiger partial charge >= 0.3 is 0 Å². The van der Waals surface area contributed by atoms with Crippen molar-refractivity contribution in [3.8, 4) is 0 Å². The van der Waals surface area contributed by atoms with Gasteiger partial charge in [-0.15, -0.1) is 0 Å². The van der Waals surface area contributed by atoms with E-state index in [1.807, 2.05) is 0 Å². The molecule has 0 saturated heterocycles. The Hall–Kier alpha value is -0.340. The minimum Gasteiger partial charge on any atom is -0.393 e. The van der Waals surface area contributed by atoms with Gasteiger partial charge in [-0.1, -0.05) is 65.5 Å². The minimum absolute atomic E-state index is 0.200. The van der Waals surface area contributed by atoms with Gasteiger partial charge in [-0.25, -0.2) is 0 Å². The maximum atomic E-state index is 11.3. The molecular formula is C27H46O2. The van der Waals surface area contributed by atoms with Crippen molar-refractivity contribution in [3.63, 3.8) is 0 Å². The van der Waals surface area contributed by atoms with Crippen molar-refractivity contribution in [1.29, 1.82) is 0 Å². The maximum absolute atomic E-state index is 11.3. The van der Waals surface area contributed by atoms with E-state index in [0.29, 0.717) is 23.2 Å². The SMILES string of the molecule is CC(C)CCC[C@H](C)[C@@H]1CC[C@@H]2[C@H]3[C@H](O)C=C4C[C@@H](O)CC[C@]4(C)[C@@H]3CC[C@@]21C. The van der Waals surface area contributed by atoms with Gasteiger partial charge in [0.05, 0.1) is 12.2 Å². The standard InChI is InChI=1S/C27H46O2/c1-17(2)7-6-8-18(3)21-9-10-22-25-23(12-14-27(21,22)5)26(4)13-11-20(28)15-19(26)16-24(25)29/h16-18,20-25,28-29H,6-15H2,1-5H3/t18-,20-,21-,22+,23+,24+,25+,26-,27+/m0/s1. The first-order valence-corrected chi connectivity index (χ1v) is 12.7. The van der Waals surface area contributed by atoms with Gasteiger partial charge in [-0.05, 0) is 91.3 Å². The zero-order chi connectivity index (χ0) is 21.0. The highest BCUT2D eigenvalue weighted by atomic mass is 16.3. The summed E-state index contributed by atoms with van der Waals surface area (Å²) < 4.78 is 0. The van der Waals surface area contributed by atoms with Crippen LogP contribution in [-0.4, -0.2) is 22.4 Å². The predicted octanol–water partition coefficient (Wildman–Crippen LogP) is 6.36. The van der Waals surface area contributed by atoms with Crippen LogP contribution >= 0.6 is 0 Å². The summed E-state index contributed by atoms with van der Waals surface area (Å²) >= 11 is 0. The Morgan fingerprint density at radius 1 is 0.966 bits per heavy atom. The van der Waals surface area contributed by atoms with Crippen molar-refractivity contribution in [2.45, 2.75) is 111 Å². The van der Waals surface area contributed by atoms with E-state index in [4.69, 9.17) is 0 Å². The molecule has 3 fully saturated rings. The maximum Gasteiger partial charge on any atom is 0.0757 e. The lowest BCUT2D eigenvalue weighted by Crippen LogP contribution is -2.54. The summed E-state index contributed by atoms with van der Waals surface area (Å²) in [4.78, 5) is 0. The molecule has 0 aromatic carbocycles. The average Bonchev–Trinajstić information content (AvgIpc) is 3.00. The van der Waals surface area contributed by atoms with E-state index in [2.05, 4.69) is 40.7 Å². The number of aliphatic hydroxyl groups is 2. The lowest BCUT2D eigenvalue weighted by Gasteiger charge is -2.59. The molecule has 4 rings (SSSR count). The minimum atomic E-state index is -0.298. The van der Waals surface area contributed by atoms with Crippen LogP contribution in [0, 0.1) is 46.3 Å². The number of rotatable bonds is 5. The number of hydrogen-bond acceptors (Lipinski definition) is 2. The number of hydrogen-bond donors (Lipinski definition) is 2. The molecule has 4 aliphatic rings. The third kappa shape index (κ3) is 3.65. The van der Waals surface area contributed by atoms with Gasteiger partial charge in [0.2, 0.25) is 0 Å². The van der Waals surface area contributed by atoms with E-state index in [0.717, 1.165) is 37.0 Å². The second kappa shape index (κ2) is 7.97. The largest absolute Gasteiger partial charge is 0.393 e. The van der Waals surface area contributed by atoms with Gasteiger partial charge in [-0.2, -0.15) is 0 Å². The van der Waals surface area contributed by atoms with E-state index in [9.17, 15) is 10.2 Å². The van der Waals surface area contributed by atoms with Gasteiger partial charge in [0, 0.05) is 0 Å². The molecule has 0 unspecified atom stereocenters. The Kier molecular flexibility index (Phi) is 6.01. The number of fused-ring (bicyclic) bond motifs is 5. The van der Waals surface area contributed by atoms with E-state index < -0.39 is 0 Å². The van der Waals surface area contributed by atoms with E-state index >= 15 is 0 Å². The topological polar surface area (TPSA) is 40.5 Å². The highest BCUT2D eigenvalue weighted by Crippen LogP contribution is 2.67. The lowest BCUT2D eigenvalue weighted by atomic mass is 9.46. The molecule has 2 nitrogen and oxygen atoms in total. The molecule has 0 aliphatic heterocycles. The average molecular weight is 403 g/mol. The smallest absolute Gasteiger partial charge is 0.0757 e. The zero-order valence-corrected chi connectivity index (χ0v) is 19.7. The second-order valence-corrected chi connectivity index (χ2v) is 12.3. The quantitative estimate of drug-likeness (QED) is 0.525. The van der Waals surface area contributed by atoms with E-state index in [1.54, 1.807) is 0 Å². The van der Waals surface area contributed by atoms with Gasteiger partial charge in [-0.3, -0.25) is 0 Å². The third-order valence-electron chi connectivity index (χ3n) is 10.3. The summed E-state index contributed by atoms with van der Waals surface area (Å²) in [7, 11) is 0. The summed E-state index contributed by atoms with van der Waals surface area (Å²) in [6.07, 6.45) is 13.9. The summed E-state index contributed by atoms with van der Waals surface area (Å²) in [6, 6.07) is 0. The molecule has 2 N–H and O–H groups in total. The normalized spacial score (nSPS) is 47.9. The first-order chi connectivity index (χ1) is 13.7. The molecule has 9 atom stereocenters. The third-order valence-corrected chi connectivity index (χ3v) is 10.3. The fourth-order valence-electron chi connectivity index (χ4n) is 8.65. The highest BCUT2D eigenvalue weighted by Gasteiger charge is 2.61. The number of aliphatic hydroxyl groups excluding tert-OH is 2. The van der Waals surface area contributed by atoms with Crippen molar-refractivity contribution < 1.29 is 10.2 Å². The Bertz CT molecular complexity index is 624. The fraction of sp³-hybridized carbons (Fsp3) is 0.926. The molecular weight excluding hydrogens is 356 g/mol. The lowest BCUT2D eigenvalue weighted by molar-refractivity contribution is -0.0970. The van der Waals surface area contributed by atoms with Crippen LogP contribution in [-0.2, 0) is 0 Å².